The Morgan fingerprint density at radius 1 is 1.07 bits per heavy atom. The van der Waals surface area contributed by atoms with Crippen LogP contribution in [0.25, 0.3) is 0 Å². The highest BCUT2D eigenvalue weighted by Crippen LogP contribution is 2.38. The lowest BCUT2D eigenvalue weighted by Crippen LogP contribution is -2.56. The Balaban J connectivity index is 2.18. The molecule has 0 radical (unpaired) electrons. The van der Waals surface area contributed by atoms with Gasteiger partial charge in [0.25, 0.3) is 0 Å². The molecule has 2 amide bonds. The number of amides is 2. The average molecular weight is 396 g/mol. The minimum absolute atomic E-state index is 0.0527. The van der Waals surface area contributed by atoms with Crippen LogP contribution in [0.4, 0.5) is 0 Å². The molecular formula is C22H41N3O3. The van der Waals surface area contributed by atoms with Crippen LogP contribution in [0.5, 0.6) is 0 Å². The van der Waals surface area contributed by atoms with Crippen LogP contribution in [0.1, 0.15) is 73.1 Å². The topological polar surface area (TPSA) is 70.7 Å². The van der Waals surface area contributed by atoms with E-state index in [1.54, 1.807) is 0 Å². The molecule has 2 rings (SSSR count). The molecule has 6 heteroatoms. The highest BCUT2D eigenvalue weighted by molar-refractivity contribution is 5.90. The number of nitrogens with zero attached hydrogens (tertiary/aromatic N) is 1. The quantitative estimate of drug-likeness (QED) is 0.771. The summed E-state index contributed by atoms with van der Waals surface area (Å²) >= 11 is 0. The maximum absolute atomic E-state index is 13.4. The second-order valence-electron chi connectivity index (χ2n) is 9.51. The smallest absolute Gasteiger partial charge is 0.242 e. The Bertz CT molecular complexity index is 513. The number of hydrogen-bond acceptors (Lipinski definition) is 4. The molecular weight excluding hydrogens is 354 g/mol. The first-order valence-corrected chi connectivity index (χ1v) is 11.2. The van der Waals surface area contributed by atoms with Crippen molar-refractivity contribution in [2.24, 2.45) is 11.3 Å². The Hall–Kier alpha value is -1.14. The summed E-state index contributed by atoms with van der Waals surface area (Å²) in [6, 6.07) is -0.0247. The molecule has 2 aliphatic rings. The molecule has 6 nitrogen and oxygen atoms in total. The first kappa shape index (κ1) is 23.1. The van der Waals surface area contributed by atoms with E-state index >= 15 is 0 Å². The highest BCUT2D eigenvalue weighted by Gasteiger charge is 2.42. The first-order chi connectivity index (χ1) is 13.2. The molecule has 0 saturated carbocycles. The summed E-state index contributed by atoms with van der Waals surface area (Å²) in [5.41, 5.74) is -0.361. The van der Waals surface area contributed by atoms with E-state index in [2.05, 4.69) is 43.2 Å². The molecule has 0 aromatic heterocycles. The summed E-state index contributed by atoms with van der Waals surface area (Å²) in [7, 11) is 0. The number of carbonyl (C=O) groups is 2. The summed E-state index contributed by atoms with van der Waals surface area (Å²) in [6.45, 7) is 13.6. The molecule has 28 heavy (non-hydrogen) atoms. The van der Waals surface area contributed by atoms with E-state index < -0.39 is 6.04 Å². The van der Waals surface area contributed by atoms with Crippen LogP contribution in [-0.4, -0.2) is 61.1 Å². The summed E-state index contributed by atoms with van der Waals surface area (Å²) in [5, 5.41) is 6.17. The highest BCUT2D eigenvalue weighted by atomic mass is 16.5. The lowest BCUT2D eigenvalue weighted by atomic mass is 9.73. The molecule has 2 aliphatic heterocycles. The fraction of sp³-hybridized carbons (Fsp3) is 0.909. The molecule has 2 atom stereocenters. The van der Waals surface area contributed by atoms with Crippen molar-refractivity contribution in [3.63, 3.8) is 0 Å². The van der Waals surface area contributed by atoms with E-state index in [1.165, 1.54) is 0 Å². The number of likely N-dealkylation sites (tertiary alicyclic amines) is 1. The average Bonchev–Trinajstić information content (AvgIpc) is 2.63. The van der Waals surface area contributed by atoms with Crippen LogP contribution in [0, 0.1) is 11.3 Å². The molecule has 0 aromatic carbocycles. The zero-order valence-electron chi connectivity index (χ0n) is 18.6. The van der Waals surface area contributed by atoms with Gasteiger partial charge in [-0.15, -0.1) is 0 Å². The largest absolute Gasteiger partial charge is 0.379 e. The van der Waals surface area contributed by atoms with Crippen LogP contribution >= 0.6 is 0 Å². The summed E-state index contributed by atoms with van der Waals surface area (Å²) in [5.74, 6) is 0.314. The molecule has 2 heterocycles. The maximum Gasteiger partial charge on any atom is 0.242 e. The van der Waals surface area contributed by atoms with Crippen molar-refractivity contribution in [2.45, 2.75) is 91.3 Å². The van der Waals surface area contributed by atoms with Gasteiger partial charge < -0.3 is 20.3 Å². The third-order valence-corrected chi connectivity index (χ3v) is 6.25. The number of ether oxygens (including phenoxy) is 1. The molecule has 1 spiro atoms. The standard InChI is InChI=1S/C22H41N3O3/c1-16(2)14-19-20(26)23-18(5)15-28-13-7-6-8-22(21(27)24-19)9-11-25(12-10-22)17(3)4/h16-19H,6-15H2,1-5H3,(H,23,26)(H,24,27)/t18-,19+/m1/s1. The van der Waals surface area contributed by atoms with Gasteiger partial charge in [-0.05, 0) is 71.9 Å². The normalized spacial score (nSPS) is 28.4. The second kappa shape index (κ2) is 10.6. The lowest BCUT2D eigenvalue weighted by molar-refractivity contribution is -0.139. The summed E-state index contributed by atoms with van der Waals surface area (Å²) in [6.07, 6.45) is 5.20. The van der Waals surface area contributed by atoms with Gasteiger partial charge in [-0.2, -0.15) is 0 Å². The third-order valence-electron chi connectivity index (χ3n) is 6.25. The lowest BCUT2D eigenvalue weighted by Gasteiger charge is -2.43. The zero-order valence-corrected chi connectivity index (χ0v) is 18.6. The number of nitrogens with one attached hydrogen (secondary N) is 2. The van der Waals surface area contributed by atoms with E-state index in [0.717, 1.165) is 45.2 Å². The second-order valence-corrected chi connectivity index (χ2v) is 9.51. The van der Waals surface area contributed by atoms with Gasteiger partial charge in [0.1, 0.15) is 6.04 Å². The van der Waals surface area contributed by atoms with Gasteiger partial charge in [-0.25, -0.2) is 0 Å². The monoisotopic (exact) mass is 395 g/mol. The molecule has 0 aromatic rings. The molecule has 162 valence electrons. The van der Waals surface area contributed by atoms with Gasteiger partial charge in [0.2, 0.25) is 11.8 Å². The molecule has 2 saturated heterocycles. The minimum atomic E-state index is -0.476. The van der Waals surface area contributed by atoms with E-state index in [1.807, 2.05) is 6.92 Å². The van der Waals surface area contributed by atoms with Crippen LogP contribution in [0.15, 0.2) is 0 Å². The van der Waals surface area contributed by atoms with Crippen molar-refractivity contribution in [2.75, 3.05) is 26.3 Å². The SMILES string of the molecule is CC(C)C[C@@H]1NC(=O)C2(CCCCOC[C@@H](C)NC1=O)CCN(C(C)C)CC2. The Labute approximate surface area is 171 Å². The van der Waals surface area contributed by atoms with Crippen molar-refractivity contribution < 1.29 is 14.3 Å². The number of hydrogen-bond donors (Lipinski definition) is 2. The van der Waals surface area contributed by atoms with Crippen LogP contribution in [-0.2, 0) is 14.3 Å². The molecule has 0 unspecified atom stereocenters. The van der Waals surface area contributed by atoms with Crippen molar-refractivity contribution in [1.82, 2.24) is 15.5 Å². The Kier molecular flexibility index (Phi) is 8.75. The zero-order chi connectivity index (χ0) is 20.7. The Morgan fingerprint density at radius 3 is 2.36 bits per heavy atom. The number of rotatable bonds is 3. The summed E-state index contributed by atoms with van der Waals surface area (Å²) in [4.78, 5) is 28.7. The van der Waals surface area contributed by atoms with E-state index in [9.17, 15) is 9.59 Å². The number of piperidine rings is 1. The fourth-order valence-corrected chi connectivity index (χ4v) is 4.39. The predicted octanol–water partition coefficient (Wildman–Crippen LogP) is 2.71. The van der Waals surface area contributed by atoms with Crippen molar-refractivity contribution in [3.8, 4) is 0 Å². The van der Waals surface area contributed by atoms with Gasteiger partial charge in [-0.1, -0.05) is 20.3 Å². The van der Waals surface area contributed by atoms with Gasteiger partial charge in [0, 0.05) is 18.7 Å². The third kappa shape index (κ3) is 6.45. The van der Waals surface area contributed by atoms with Crippen molar-refractivity contribution in [3.05, 3.63) is 0 Å². The Morgan fingerprint density at radius 2 is 1.75 bits per heavy atom. The molecule has 2 fully saturated rings. The minimum Gasteiger partial charge on any atom is -0.379 e. The van der Waals surface area contributed by atoms with Gasteiger partial charge >= 0.3 is 0 Å². The predicted molar refractivity (Wildman–Crippen MR) is 112 cm³/mol. The van der Waals surface area contributed by atoms with Gasteiger partial charge in [-0.3, -0.25) is 9.59 Å². The molecule has 0 aliphatic carbocycles. The van der Waals surface area contributed by atoms with Crippen LogP contribution < -0.4 is 10.6 Å². The fourth-order valence-electron chi connectivity index (χ4n) is 4.39. The maximum atomic E-state index is 13.4. The van der Waals surface area contributed by atoms with Crippen molar-refractivity contribution >= 4 is 11.8 Å². The van der Waals surface area contributed by atoms with Gasteiger partial charge in [0.05, 0.1) is 12.0 Å². The van der Waals surface area contributed by atoms with E-state index in [4.69, 9.17) is 4.74 Å². The van der Waals surface area contributed by atoms with Crippen LogP contribution in [0.3, 0.4) is 0 Å². The summed E-state index contributed by atoms with van der Waals surface area (Å²) < 4.78 is 5.75. The van der Waals surface area contributed by atoms with Gasteiger partial charge in [0.15, 0.2) is 0 Å². The first-order valence-electron chi connectivity index (χ1n) is 11.2. The van der Waals surface area contributed by atoms with Crippen molar-refractivity contribution in [1.29, 1.82) is 0 Å². The molecule has 2 N–H and O–H groups in total. The van der Waals surface area contributed by atoms with Crippen LogP contribution in [0.2, 0.25) is 0 Å². The number of carbonyl (C=O) groups excluding carboxylic acids is 2. The van der Waals surface area contributed by atoms with E-state index in [0.29, 0.717) is 31.6 Å². The van der Waals surface area contributed by atoms with E-state index in [-0.39, 0.29) is 23.3 Å². The molecule has 0 bridgehead atoms.